The lowest BCUT2D eigenvalue weighted by molar-refractivity contribution is 0.103. The van der Waals surface area contributed by atoms with Gasteiger partial charge in [-0.2, -0.15) is 0 Å². The van der Waals surface area contributed by atoms with Gasteiger partial charge in [-0.05, 0) is 55.3 Å². The van der Waals surface area contributed by atoms with Crippen LogP contribution in [0.5, 0.6) is 5.75 Å². The molecule has 0 aliphatic rings. The SMILES string of the molecule is COc1ccc(NC(=O)c2sc(CCc3ccncc3)nc2C)cc1. The van der Waals surface area contributed by atoms with E-state index in [0.717, 1.165) is 35.0 Å². The smallest absolute Gasteiger partial charge is 0.267 e. The Bertz CT molecular complexity index is 845. The molecule has 1 aromatic carbocycles. The number of aromatic nitrogens is 2. The average Bonchev–Trinajstić information content (AvgIpc) is 3.02. The number of methoxy groups -OCH3 is 1. The number of hydrogen-bond acceptors (Lipinski definition) is 5. The molecule has 2 aromatic heterocycles. The zero-order valence-corrected chi connectivity index (χ0v) is 15.0. The van der Waals surface area contributed by atoms with Crippen molar-refractivity contribution in [3.63, 3.8) is 0 Å². The molecule has 1 N–H and O–H groups in total. The third-order valence-corrected chi connectivity index (χ3v) is 4.99. The van der Waals surface area contributed by atoms with Crippen LogP contribution in [0.4, 0.5) is 5.69 Å². The number of nitrogens with zero attached hydrogens (tertiary/aromatic N) is 2. The molecule has 0 aliphatic heterocycles. The highest BCUT2D eigenvalue weighted by molar-refractivity contribution is 7.13. The zero-order chi connectivity index (χ0) is 17.6. The second-order valence-corrected chi connectivity index (χ2v) is 6.64. The summed E-state index contributed by atoms with van der Waals surface area (Å²) < 4.78 is 5.12. The maximum Gasteiger partial charge on any atom is 0.267 e. The molecule has 0 unspecified atom stereocenters. The number of rotatable bonds is 6. The second-order valence-electron chi connectivity index (χ2n) is 5.56. The van der Waals surface area contributed by atoms with Gasteiger partial charge < -0.3 is 10.1 Å². The number of benzene rings is 1. The first-order chi connectivity index (χ1) is 12.2. The number of anilines is 1. The summed E-state index contributed by atoms with van der Waals surface area (Å²) in [5, 5.41) is 3.87. The summed E-state index contributed by atoms with van der Waals surface area (Å²) in [5.74, 6) is 0.626. The van der Waals surface area contributed by atoms with Gasteiger partial charge in [0.2, 0.25) is 0 Å². The maximum absolute atomic E-state index is 12.5. The van der Waals surface area contributed by atoms with E-state index in [0.29, 0.717) is 4.88 Å². The van der Waals surface area contributed by atoms with Gasteiger partial charge in [-0.25, -0.2) is 4.98 Å². The van der Waals surface area contributed by atoms with Crippen LogP contribution in [0.3, 0.4) is 0 Å². The third kappa shape index (κ3) is 4.42. The van der Waals surface area contributed by atoms with Crippen molar-refractivity contribution >= 4 is 22.9 Å². The lowest BCUT2D eigenvalue weighted by atomic mass is 10.1. The van der Waals surface area contributed by atoms with Crippen molar-refractivity contribution in [1.29, 1.82) is 0 Å². The van der Waals surface area contributed by atoms with Gasteiger partial charge in [0.25, 0.3) is 5.91 Å². The van der Waals surface area contributed by atoms with E-state index >= 15 is 0 Å². The van der Waals surface area contributed by atoms with E-state index in [2.05, 4.69) is 15.3 Å². The van der Waals surface area contributed by atoms with Crippen LogP contribution in [0.15, 0.2) is 48.8 Å². The van der Waals surface area contributed by atoms with Gasteiger partial charge in [-0.3, -0.25) is 9.78 Å². The van der Waals surface area contributed by atoms with E-state index in [1.807, 2.05) is 43.3 Å². The van der Waals surface area contributed by atoms with E-state index in [-0.39, 0.29) is 5.91 Å². The molecule has 0 saturated heterocycles. The summed E-state index contributed by atoms with van der Waals surface area (Å²) in [6.45, 7) is 1.87. The lowest BCUT2D eigenvalue weighted by Gasteiger charge is -2.05. The van der Waals surface area contributed by atoms with Crippen LogP contribution in [-0.4, -0.2) is 23.0 Å². The highest BCUT2D eigenvalue weighted by Gasteiger charge is 2.15. The number of carbonyl (C=O) groups is 1. The average molecular weight is 353 g/mol. The Morgan fingerprint density at radius 2 is 1.84 bits per heavy atom. The highest BCUT2D eigenvalue weighted by atomic mass is 32.1. The van der Waals surface area contributed by atoms with Gasteiger partial charge in [-0.15, -0.1) is 11.3 Å². The first kappa shape index (κ1) is 17.1. The van der Waals surface area contributed by atoms with Crippen LogP contribution >= 0.6 is 11.3 Å². The molecule has 3 rings (SSSR count). The van der Waals surface area contributed by atoms with E-state index < -0.39 is 0 Å². The minimum atomic E-state index is -0.129. The fraction of sp³-hybridized carbons (Fsp3) is 0.211. The van der Waals surface area contributed by atoms with E-state index in [4.69, 9.17) is 4.74 Å². The molecule has 3 aromatic rings. The first-order valence-electron chi connectivity index (χ1n) is 7.96. The molecule has 2 heterocycles. The Morgan fingerprint density at radius 3 is 2.52 bits per heavy atom. The largest absolute Gasteiger partial charge is 0.497 e. The van der Waals surface area contributed by atoms with Crippen LogP contribution in [0.25, 0.3) is 0 Å². The summed E-state index contributed by atoms with van der Waals surface area (Å²) in [5.41, 5.74) is 2.71. The first-order valence-corrected chi connectivity index (χ1v) is 8.78. The van der Waals surface area contributed by atoms with Crippen molar-refractivity contribution in [3.05, 3.63) is 69.9 Å². The molecule has 0 saturated carbocycles. The van der Waals surface area contributed by atoms with Crippen molar-refractivity contribution in [3.8, 4) is 5.75 Å². The molecule has 1 amide bonds. The van der Waals surface area contributed by atoms with E-state index in [9.17, 15) is 4.79 Å². The fourth-order valence-corrected chi connectivity index (χ4v) is 3.39. The molecule has 0 fully saturated rings. The molecule has 0 radical (unpaired) electrons. The van der Waals surface area contributed by atoms with Gasteiger partial charge in [0.1, 0.15) is 10.6 Å². The molecule has 0 aliphatic carbocycles. The number of amides is 1. The zero-order valence-electron chi connectivity index (χ0n) is 14.2. The van der Waals surface area contributed by atoms with Gasteiger partial charge in [0, 0.05) is 24.5 Å². The minimum absolute atomic E-state index is 0.129. The number of carbonyl (C=O) groups excluding carboxylic acids is 1. The van der Waals surface area contributed by atoms with Gasteiger partial charge in [0.05, 0.1) is 17.8 Å². The van der Waals surface area contributed by atoms with Gasteiger partial charge in [-0.1, -0.05) is 0 Å². The van der Waals surface area contributed by atoms with Crippen molar-refractivity contribution < 1.29 is 9.53 Å². The number of ether oxygens (including phenoxy) is 1. The molecular formula is C19H19N3O2S. The molecule has 6 heteroatoms. The maximum atomic E-state index is 12.5. The molecule has 0 spiro atoms. The summed E-state index contributed by atoms with van der Waals surface area (Å²) in [6.07, 6.45) is 5.27. The Kier molecular flexibility index (Phi) is 5.40. The molecule has 5 nitrogen and oxygen atoms in total. The Morgan fingerprint density at radius 1 is 1.12 bits per heavy atom. The van der Waals surface area contributed by atoms with Crippen LogP contribution in [0.1, 0.15) is 25.9 Å². The Balaban J connectivity index is 1.65. The Labute approximate surface area is 150 Å². The third-order valence-electron chi connectivity index (χ3n) is 3.77. The van der Waals surface area contributed by atoms with Crippen molar-refractivity contribution in [2.75, 3.05) is 12.4 Å². The minimum Gasteiger partial charge on any atom is -0.497 e. The van der Waals surface area contributed by atoms with E-state index in [1.54, 1.807) is 19.5 Å². The number of pyridine rings is 1. The predicted octanol–water partition coefficient (Wildman–Crippen LogP) is 3.89. The van der Waals surface area contributed by atoms with Crippen molar-refractivity contribution in [2.24, 2.45) is 0 Å². The highest BCUT2D eigenvalue weighted by Crippen LogP contribution is 2.22. The topological polar surface area (TPSA) is 64.1 Å². The summed E-state index contributed by atoms with van der Waals surface area (Å²) in [6, 6.07) is 11.3. The Hall–Kier alpha value is -2.73. The second kappa shape index (κ2) is 7.90. The molecule has 0 bridgehead atoms. The number of nitrogens with one attached hydrogen (secondary N) is 1. The normalized spacial score (nSPS) is 10.5. The quantitative estimate of drug-likeness (QED) is 0.730. The van der Waals surface area contributed by atoms with Crippen LogP contribution in [0.2, 0.25) is 0 Å². The van der Waals surface area contributed by atoms with Crippen LogP contribution in [-0.2, 0) is 12.8 Å². The van der Waals surface area contributed by atoms with Crippen LogP contribution < -0.4 is 10.1 Å². The molecular weight excluding hydrogens is 334 g/mol. The number of aryl methyl sites for hydroxylation is 3. The van der Waals surface area contributed by atoms with Crippen molar-refractivity contribution in [1.82, 2.24) is 9.97 Å². The van der Waals surface area contributed by atoms with Gasteiger partial charge >= 0.3 is 0 Å². The number of hydrogen-bond donors (Lipinski definition) is 1. The summed E-state index contributed by atoms with van der Waals surface area (Å²) >= 11 is 1.45. The number of thiazole rings is 1. The fourth-order valence-electron chi connectivity index (χ4n) is 2.43. The lowest BCUT2D eigenvalue weighted by Crippen LogP contribution is -2.11. The van der Waals surface area contributed by atoms with Gasteiger partial charge in [0.15, 0.2) is 0 Å². The molecule has 128 valence electrons. The van der Waals surface area contributed by atoms with Crippen molar-refractivity contribution in [2.45, 2.75) is 19.8 Å². The monoisotopic (exact) mass is 353 g/mol. The van der Waals surface area contributed by atoms with E-state index in [1.165, 1.54) is 16.9 Å². The standard InChI is InChI=1S/C19H19N3O2S/c1-13-18(19(23)22-15-4-6-16(24-2)7-5-15)25-17(21-13)8-3-14-9-11-20-12-10-14/h4-7,9-12H,3,8H2,1-2H3,(H,22,23). The molecule has 25 heavy (non-hydrogen) atoms. The summed E-state index contributed by atoms with van der Waals surface area (Å²) in [7, 11) is 1.61. The molecule has 0 atom stereocenters. The predicted molar refractivity (Wildman–Crippen MR) is 99.4 cm³/mol. The van der Waals surface area contributed by atoms with Crippen LogP contribution in [0, 0.1) is 6.92 Å². The summed E-state index contributed by atoms with van der Waals surface area (Å²) in [4.78, 5) is 21.7.